The molecule has 3 N–H and O–H groups in total. The lowest BCUT2D eigenvalue weighted by Gasteiger charge is -2.36. The van der Waals surface area contributed by atoms with Crippen LogP contribution in [0.4, 0.5) is 0 Å². The molecule has 1 aliphatic heterocycles. The summed E-state index contributed by atoms with van der Waals surface area (Å²) >= 11 is 6.26. The van der Waals surface area contributed by atoms with Gasteiger partial charge in [0.25, 0.3) is 0 Å². The normalized spacial score (nSPS) is 16.8. The van der Waals surface area contributed by atoms with Gasteiger partial charge in [-0.1, -0.05) is 29.8 Å². The van der Waals surface area contributed by atoms with Crippen molar-refractivity contribution in [2.45, 2.75) is 26.3 Å². The number of nitrogens with two attached hydrogens (primary N) is 1. The molecule has 3 rings (SSSR count). The molecule has 158 valence electrons. The monoisotopic (exact) mass is 425 g/mol. The Bertz CT molecular complexity index is 938. The Morgan fingerprint density at radius 3 is 2.70 bits per heavy atom. The van der Waals surface area contributed by atoms with Crippen LogP contribution in [0.25, 0.3) is 5.57 Å². The number of nitrogens with zero attached hydrogens (tertiary/aromatic N) is 1. The van der Waals surface area contributed by atoms with Gasteiger partial charge < -0.3 is 20.7 Å². The van der Waals surface area contributed by atoms with Crippen molar-refractivity contribution in [2.75, 3.05) is 19.7 Å². The van der Waals surface area contributed by atoms with Crippen LogP contribution in [0.15, 0.2) is 60.4 Å². The van der Waals surface area contributed by atoms with Crippen molar-refractivity contribution in [1.82, 2.24) is 10.2 Å². The molecule has 2 aromatic rings. The van der Waals surface area contributed by atoms with Gasteiger partial charge in [-0.3, -0.25) is 4.79 Å². The van der Waals surface area contributed by atoms with Crippen molar-refractivity contribution in [3.8, 4) is 5.75 Å². The van der Waals surface area contributed by atoms with Crippen molar-refractivity contribution >= 4 is 23.6 Å². The molecule has 1 heterocycles. The van der Waals surface area contributed by atoms with Crippen molar-refractivity contribution in [3.63, 3.8) is 0 Å². The first-order chi connectivity index (χ1) is 14.5. The average molecular weight is 426 g/mol. The molecule has 0 fully saturated rings. The molecule has 6 heteroatoms. The number of carbonyl (C=O) groups is 1. The van der Waals surface area contributed by atoms with Crippen molar-refractivity contribution in [2.24, 2.45) is 5.73 Å². The molecule has 0 aliphatic carbocycles. The largest absolute Gasteiger partial charge is 0.492 e. The van der Waals surface area contributed by atoms with E-state index >= 15 is 0 Å². The van der Waals surface area contributed by atoms with Crippen LogP contribution in [0.2, 0.25) is 5.02 Å². The SMILES string of the molecule is CC1=C(c2cc(Cl)ccc2C)CCN(C=O)C1c1ccc(OCCN/C=C\N)cc1. The molecule has 30 heavy (non-hydrogen) atoms. The highest BCUT2D eigenvalue weighted by atomic mass is 35.5. The fourth-order valence-corrected chi connectivity index (χ4v) is 4.10. The Balaban J connectivity index is 1.84. The van der Waals surface area contributed by atoms with Gasteiger partial charge in [0, 0.05) is 30.5 Å². The minimum atomic E-state index is -0.102. The molecule has 0 saturated carbocycles. The second kappa shape index (κ2) is 10.2. The summed E-state index contributed by atoms with van der Waals surface area (Å²) in [7, 11) is 0. The number of amides is 1. The van der Waals surface area contributed by atoms with Gasteiger partial charge in [0.05, 0.1) is 6.04 Å². The van der Waals surface area contributed by atoms with Crippen LogP contribution in [0, 0.1) is 6.92 Å². The molecule has 1 aliphatic rings. The van der Waals surface area contributed by atoms with E-state index in [9.17, 15) is 4.79 Å². The molecule has 0 bridgehead atoms. The van der Waals surface area contributed by atoms with Crippen molar-refractivity contribution < 1.29 is 9.53 Å². The van der Waals surface area contributed by atoms with Crippen LogP contribution < -0.4 is 15.8 Å². The Hall–Kier alpha value is -2.92. The number of aryl methyl sites for hydroxylation is 1. The molecule has 0 radical (unpaired) electrons. The van der Waals surface area contributed by atoms with Gasteiger partial charge in [0.1, 0.15) is 12.4 Å². The predicted molar refractivity (Wildman–Crippen MR) is 122 cm³/mol. The quantitative estimate of drug-likeness (QED) is 0.485. The summed E-state index contributed by atoms with van der Waals surface area (Å²) in [6, 6.07) is 13.8. The number of rotatable bonds is 8. The van der Waals surface area contributed by atoms with Crippen LogP contribution >= 0.6 is 11.6 Å². The first-order valence-electron chi connectivity index (χ1n) is 10.0. The Kier molecular flexibility index (Phi) is 7.41. The first-order valence-corrected chi connectivity index (χ1v) is 10.4. The van der Waals surface area contributed by atoms with Crippen LogP contribution in [0.1, 0.15) is 36.1 Å². The zero-order valence-corrected chi connectivity index (χ0v) is 18.2. The maximum absolute atomic E-state index is 11.8. The Morgan fingerprint density at radius 1 is 1.23 bits per heavy atom. The van der Waals surface area contributed by atoms with Gasteiger partial charge in [0.15, 0.2) is 0 Å². The maximum atomic E-state index is 11.8. The summed E-state index contributed by atoms with van der Waals surface area (Å²) in [4.78, 5) is 13.6. The van der Waals surface area contributed by atoms with E-state index in [-0.39, 0.29) is 6.04 Å². The van der Waals surface area contributed by atoms with Gasteiger partial charge in [-0.25, -0.2) is 0 Å². The lowest BCUT2D eigenvalue weighted by molar-refractivity contribution is -0.119. The molecule has 0 aromatic heterocycles. The smallest absolute Gasteiger partial charge is 0.210 e. The fourth-order valence-electron chi connectivity index (χ4n) is 3.93. The Morgan fingerprint density at radius 2 is 2.00 bits per heavy atom. The molecular formula is C24H28ClN3O2. The van der Waals surface area contributed by atoms with Crippen LogP contribution in [-0.4, -0.2) is 31.0 Å². The summed E-state index contributed by atoms with van der Waals surface area (Å²) in [5.74, 6) is 0.790. The topological polar surface area (TPSA) is 67.6 Å². The van der Waals surface area contributed by atoms with Crippen LogP contribution in [0.3, 0.4) is 0 Å². The van der Waals surface area contributed by atoms with E-state index in [4.69, 9.17) is 22.1 Å². The third kappa shape index (κ3) is 4.97. The fraction of sp³-hybridized carbons (Fsp3) is 0.292. The number of nitrogens with one attached hydrogen (secondary N) is 1. The summed E-state index contributed by atoms with van der Waals surface area (Å²) in [6.45, 7) is 6.08. The summed E-state index contributed by atoms with van der Waals surface area (Å²) in [5, 5.41) is 3.75. The predicted octanol–water partition coefficient (Wildman–Crippen LogP) is 4.42. The van der Waals surface area contributed by atoms with Crippen molar-refractivity contribution in [1.29, 1.82) is 0 Å². The molecular weight excluding hydrogens is 398 g/mol. The first kappa shape index (κ1) is 21.8. The lowest BCUT2D eigenvalue weighted by atomic mass is 9.85. The van der Waals surface area contributed by atoms with E-state index in [2.05, 4.69) is 19.2 Å². The third-order valence-electron chi connectivity index (χ3n) is 5.42. The molecule has 0 spiro atoms. The highest BCUT2D eigenvalue weighted by molar-refractivity contribution is 6.30. The van der Waals surface area contributed by atoms with E-state index in [1.807, 2.05) is 47.4 Å². The molecule has 1 atom stereocenters. The lowest BCUT2D eigenvalue weighted by Crippen LogP contribution is -2.33. The molecule has 1 amide bonds. The van der Waals surface area contributed by atoms with E-state index < -0.39 is 0 Å². The van der Waals surface area contributed by atoms with Gasteiger partial charge in [-0.15, -0.1) is 0 Å². The van der Waals surface area contributed by atoms with E-state index in [1.165, 1.54) is 22.9 Å². The van der Waals surface area contributed by atoms with Gasteiger partial charge >= 0.3 is 0 Å². The van der Waals surface area contributed by atoms with Gasteiger partial charge in [-0.2, -0.15) is 0 Å². The van der Waals surface area contributed by atoms with Crippen LogP contribution in [0.5, 0.6) is 5.75 Å². The molecule has 2 aromatic carbocycles. The second-order valence-electron chi connectivity index (χ2n) is 7.35. The van der Waals surface area contributed by atoms with Gasteiger partial charge in [0.2, 0.25) is 6.41 Å². The summed E-state index contributed by atoms with van der Waals surface area (Å²) in [5.41, 5.74) is 11.1. The number of carbonyl (C=O) groups excluding carboxylic acids is 1. The molecule has 0 saturated heterocycles. The zero-order chi connectivity index (χ0) is 21.5. The third-order valence-corrected chi connectivity index (χ3v) is 5.66. The number of ether oxygens (including phenoxy) is 1. The standard InChI is InChI=1S/C24H28ClN3O2/c1-17-3-6-20(25)15-23(17)22-9-13-28(16-29)24(18(22)2)19-4-7-21(8-5-19)30-14-12-27-11-10-26/h3-8,10-11,15-16,24,27H,9,12-14,26H2,1-2H3/b11-10-. The number of hydrogen-bond acceptors (Lipinski definition) is 4. The van der Waals surface area contributed by atoms with Crippen molar-refractivity contribution in [3.05, 3.63) is 82.2 Å². The summed E-state index contributed by atoms with van der Waals surface area (Å²) < 4.78 is 5.75. The summed E-state index contributed by atoms with van der Waals surface area (Å²) in [6.07, 6.45) is 4.88. The number of halogens is 1. The van der Waals surface area contributed by atoms with E-state index in [1.54, 1.807) is 6.20 Å². The minimum absolute atomic E-state index is 0.102. The van der Waals surface area contributed by atoms with Crippen LogP contribution in [-0.2, 0) is 4.79 Å². The molecule has 1 unspecified atom stereocenters. The number of benzene rings is 2. The Labute approximate surface area is 183 Å². The zero-order valence-electron chi connectivity index (χ0n) is 17.4. The number of hydrogen-bond donors (Lipinski definition) is 2. The van der Waals surface area contributed by atoms with Gasteiger partial charge in [-0.05, 0) is 72.4 Å². The van der Waals surface area contributed by atoms with E-state index in [0.29, 0.717) is 19.7 Å². The highest BCUT2D eigenvalue weighted by Gasteiger charge is 2.28. The molecule has 5 nitrogen and oxygen atoms in total. The maximum Gasteiger partial charge on any atom is 0.210 e. The second-order valence-corrected chi connectivity index (χ2v) is 7.78. The average Bonchev–Trinajstić information content (AvgIpc) is 2.76. The highest BCUT2D eigenvalue weighted by Crippen LogP contribution is 2.40. The van der Waals surface area contributed by atoms with E-state index in [0.717, 1.165) is 34.7 Å². The minimum Gasteiger partial charge on any atom is -0.492 e.